The highest BCUT2D eigenvalue weighted by Gasteiger charge is 2.04. The van der Waals surface area contributed by atoms with Crippen LogP contribution >= 0.6 is 0 Å². The van der Waals surface area contributed by atoms with Crippen molar-refractivity contribution in [3.8, 4) is 0 Å². The van der Waals surface area contributed by atoms with Gasteiger partial charge < -0.3 is 4.57 Å². The Balaban J connectivity index is 2.49. The monoisotopic (exact) mass is 194 g/mol. The SMILES string of the molecule is CCCn1ccnc1CCC(=O)CC. The maximum absolute atomic E-state index is 11.1. The summed E-state index contributed by atoms with van der Waals surface area (Å²) in [7, 11) is 0. The van der Waals surface area contributed by atoms with E-state index < -0.39 is 0 Å². The Morgan fingerprint density at radius 3 is 2.93 bits per heavy atom. The molecule has 0 saturated heterocycles. The van der Waals surface area contributed by atoms with Gasteiger partial charge in [-0.1, -0.05) is 13.8 Å². The predicted molar refractivity (Wildman–Crippen MR) is 56.1 cm³/mol. The maximum Gasteiger partial charge on any atom is 0.133 e. The Kier molecular flexibility index (Phi) is 4.36. The summed E-state index contributed by atoms with van der Waals surface area (Å²) in [4.78, 5) is 15.4. The number of hydrogen-bond donors (Lipinski definition) is 0. The minimum absolute atomic E-state index is 0.316. The van der Waals surface area contributed by atoms with Crippen molar-refractivity contribution in [3.63, 3.8) is 0 Å². The van der Waals surface area contributed by atoms with E-state index in [2.05, 4.69) is 16.5 Å². The molecule has 0 aliphatic heterocycles. The lowest BCUT2D eigenvalue weighted by atomic mass is 10.2. The van der Waals surface area contributed by atoms with E-state index >= 15 is 0 Å². The van der Waals surface area contributed by atoms with Crippen molar-refractivity contribution >= 4 is 5.78 Å². The predicted octanol–water partition coefficient (Wildman–Crippen LogP) is 2.20. The molecule has 0 atom stereocenters. The third kappa shape index (κ3) is 2.98. The molecule has 0 N–H and O–H groups in total. The first-order chi connectivity index (χ1) is 6.77. The van der Waals surface area contributed by atoms with Crippen molar-refractivity contribution in [3.05, 3.63) is 18.2 Å². The van der Waals surface area contributed by atoms with Crippen molar-refractivity contribution < 1.29 is 4.79 Å². The van der Waals surface area contributed by atoms with Gasteiger partial charge in [0.1, 0.15) is 11.6 Å². The van der Waals surface area contributed by atoms with Crippen molar-refractivity contribution in [2.24, 2.45) is 0 Å². The number of nitrogens with zero attached hydrogens (tertiary/aromatic N) is 2. The molecule has 0 unspecified atom stereocenters. The van der Waals surface area contributed by atoms with E-state index in [1.54, 1.807) is 6.20 Å². The number of imidazole rings is 1. The molecular formula is C11H18N2O. The van der Waals surface area contributed by atoms with Crippen LogP contribution < -0.4 is 0 Å². The summed E-state index contributed by atoms with van der Waals surface area (Å²) >= 11 is 0. The van der Waals surface area contributed by atoms with Crippen LogP contribution in [0.1, 0.15) is 38.9 Å². The molecule has 0 bridgehead atoms. The van der Waals surface area contributed by atoms with Crippen molar-refractivity contribution in [1.82, 2.24) is 9.55 Å². The Hall–Kier alpha value is -1.12. The highest BCUT2D eigenvalue weighted by Crippen LogP contribution is 2.04. The quantitative estimate of drug-likeness (QED) is 0.696. The lowest BCUT2D eigenvalue weighted by Crippen LogP contribution is -2.05. The van der Waals surface area contributed by atoms with E-state index in [4.69, 9.17) is 0 Å². The standard InChI is InChI=1S/C11H18N2O/c1-3-8-13-9-7-12-11(13)6-5-10(14)4-2/h7,9H,3-6,8H2,1-2H3. The number of aromatic nitrogens is 2. The van der Waals surface area contributed by atoms with Gasteiger partial charge in [0.2, 0.25) is 0 Å². The number of carbonyl (C=O) groups is 1. The second-order valence-electron chi connectivity index (χ2n) is 3.43. The number of ketones is 1. The molecule has 0 spiro atoms. The molecule has 1 aromatic heterocycles. The van der Waals surface area contributed by atoms with Gasteiger partial charge in [0.25, 0.3) is 0 Å². The summed E-state index contributed by atoms with van der Waals surface area (Å²) < 4.78 is 2.13. The number of Topliss-reactive ketones (excluding diaryl/α,β-unsaturated/α-hetero) is 1. The van der Waals surface area contributed by atoms with Crippen LogP contribution in [0.3, 0.4) is 0 Å². The molecule has 1 heterocycles. The van der Waals surface area contributed by atoms with Gasteiger partial charge in [0.05, 0.1) is 0 Å². The molecule has 1 aromatic rings. The van der Waals surface area contributed by atoms with Gasteiger partial charge in [-0.2, -0.15) is 0 Å². The van der Waals surface area contributed by atoms with Crippen LogP contribution in [0.4, 0.5) is 0 Å². The summed E-state index contributed by atoms with van der Waals surface area (Å²) in [5.74, 6) is 1.35. The van der Waals surface area contributed by atoms with Gasteiger partial charge in [0, 0.05) is 38.2 Å². The first-order valence-electron chi connectivity index (χ1n) is 5.29. The van der Waals surface area contributed by atoms with Gasteiger partial charge in [-0.05, 0) is 6.42 Å². The minimum Gasteiger partial charge on any atom is -0.335 e. The molecule has 78 valence electrons. The Labute approximate surface area is 85.2 Å². The fraction of sp³-hybridized carbons (Fsp3) is 0.636. The van der Waals surface area contributed by atoms with Crippen LogP contribution in [0.15, 0.2) is 12.4 Å². The Bertz CT molecular complexity index is 291. The summed E-state index contributed by atoms with van der Waals surface area (Å²) in [6.45, 7) is 5.04. The lowest BCUT2D eigenvalue weighted by Gasteiger charge is -2.04. The van der Waals surface area contributed by atoms with Gasteiger partial charge in [-0.3, -0.25) is 4.79 Å². The fourth-order valence-corrected chi connectivity index (χ4v) is 1.44. The highest BCUT2D eigenvalue weighted by molar-refractivity contribution is 5.78. The van der Waals surface area contributed by atoms with E-state index in [0.717, 1.165) is 25.2 Å². The Morgan fingerprint density at radius 1 is 1.50 bits per heavy atom. The Morgan fingerprint density at radius 2 is 2.29 bits per heavy atom. The largest absolute Gasteiger partial charge is 0.335 e. The van der Waals surface area contributed by atoms with Crippen LogP contribution in [0.25, 0.3) is 0 Å². The summed E-state index contributed by atoms with van der Waals surface area (Å²) in [5.41, 5.74) is 0. The zero-order valence-corrected chi connectivity index (χ0v) is 8.99. The summed E-state index contributed by atoms with van der Waals surface area (Å²) in [5, 5.41) is 0. The molecule has 0 radical (unpaired) electrons. The third-order valence-corrected chi connectivity index (χ3v) is 2.29. The summed E-state index contributed by atoms with van der Waals surface area (Å²) in [6, 6.07) is 0. The van der Waals surface area contributed by atoms with Crippen LogP contribution in [0.2, 0.25) is 0 Å². The molecule has 0 aliphatic carbocycles. The van der Waals surface area contributed by atoms with Crippen LogP contribution in [0.5, 0.6) is 0 Å². The number of aryl methyl sites for hydroxylation is 2. The van der Waals surface area contributed by atoms with E-state index in [1.165, 1.54) is 0 Å². The van der Waals surface area contributed by atoms with E-state index in [1.807, 2.05) is 13.1 Å². The zero-order valence-electron chi connectivity index (χ0n) is 8.99. The van der Waals surface area contributed by atoms with Gasteiger partial charge >= 0.3 is 0 Å². The van der Waals surface area contributed by atoms with Crippen LogP contribution in [-0.4, -0.2) is 15.3 Å². The average Bonchev–Trinajstić information content (AvgIpc) is 2.62. The molecule has 0 amide bonds. The van der Waals surface area contributed by atoms with Crippen LogP contribution in [0, 0.1) is 0 Å². The van der Waals surface area contributed by atoms with Crippen molar-refractivity contribution in [2.45, 2.75) is 46.1 Å². The molecular weight excluding hydrogens is 176 g/mol. The molecule has 0 aromatic carbocycles. The highest BCUT2D eigenvalue weighted by atomic mass is 16.1. The van der Waals surface area contributed by atoms with Gasteiger partial charge in [-0.15, -0.1) is 0 Å². The normalized spacial score (nSPS) is 10.4. The first kappa shape index (κ1) is 11.0. The number of rotatable bonds is 6. The third-order valence-electron chi connectivity index (χ3n) is 2.29. The molecule has 0 fully saturated rings. The topological polar surface area (TPSA) is 34.9 Å². The lowest BCUT2D eigenvalue weighted by molar-refractivity contribution is -0.118. The zero-order chi connectivity index (χ0) is 10.4. The van der Waals surface area contributed by atoms with E-state index in [0.29, 0.717) is 18.6 Å². The van der Waals surface area contributed by atoms with Gasteiger partial charge in [-0.25, -0.2) is 4.98 Å². The van der Waals surface area contributed by atoms with E-state index in [-0.39, 0.29) is 0 Å². The second kappa shape index (κ2) is 5.58. The molecule has 3 nitrogen and oxygen atoms in total. The average molecular weight is 194 g/mol. The number of carbonyl (C=O) groups excluding carboxylic acids is 1. The minimum atomic E-state index is 0.316. The molecule has 0 saturated carbocycles. The first-order valence-corrected chi connectivity index (χ1v) is 5.29. The van der Waals surface area contributed by atoms with Gasteiger partial charge in [0.15, 0.2) is 0 Å². The molecule has 0 aliphatic rings. The van der Waals surface area contributed by atoms with Crippen LogP contribution in [-0.2, 0) is 17.8 Å². The molecule has 14 heavy (non-hydrogen) atoms. The maximum atomic E-state index is 11.1. The summed E-state index contributed by atoms with van der Waals surface area (Å²) in [6.07, 6.45) is 6.92. The van der Waals surface area contributed by atoms with E-state index in [9.17, 15) is 4.79 Å². The van der Waals surface area contributed by atoms with Crippen molar-refractivity contribution in [2.75, 3.05) is 0 Å². The number of hydrogen-bond acceptors (Lipinski definition) is 2. The fourth-order valence-electron chi connectivity index (χ4n) is 1.44. The van der Waals surface area contributed by atoms with Crippen molar-refractivity contribution in [1.29, 1.82) is 0 Å². The molecule has 3 heteroatoms. The smallest absolute Gasteiger partial charge is 0.133 e. The molecule has 1 rings (SSSR count). The second-order valence-corrected chi connectivity index (χ2v) is 3.43.